The summed E-state index contributed by atoms with van der Waals surface area (Å²) in [5, 5.41) is 16.2. The minimum Gasteiger partial charge on any atom is -0.370 e. The summed E-state index contributed by atoms with van der Waals surface area (Å²) in [6.45, 7) is 1.07. The van der Waals surface area contributed by atoms with Crippen LogP contribution in [0.1, 0.15) is 16.9 Å². The van der Waals surface area contributed by atoms with Gasteiger partial charge >= 0.3 is 0 Å². The maximum absolute atomic E-state index is 12.2. The number of carbonyl (C=O) groups excluding carboxylic acids is 1. The predicted molar refractivity (Wildman–Crippen MR) is 100 cm³/mol. The van der Waals surface area contributed by atoms with Crippen LogP contribution in [-0.2, 0) is 0 Å². The van der Waals surface area contributed by atoms with Crippen molar-refractivity contribution in [3.63, 3.8) is 0 Å². The molecule has 0 aliphatic rings. The van der Waals surface area contributed by atoms with E-state index in [0.29, 0.717) is 31.0 Å². The third kappa shape index (κ3) is 5.03. The zero-order valence-corrected chi connectivity index (χ0v) is 14.3. The first kappa shape index (κ1) is 17.9. The third-order valence-corrected chi connectivity index (χ3v) is 3.62. The SMILES string of the molecule is [N-]=[N+]=Nc1nccc(NCCCNC(=O)c2cc(-c3ccccc3)[nH]n2)n1. The molecular weight excluding hydrogens is 346 g/mol. The molecule has 1 aromatic carbocycles. The molecule has 3 N–H and O–H groups in total. The number of hydrogen-bond acceptors (Lipinski definition) is 6. The van der Waals surface area contributed by atoms with Gasteiger partial charge in [-0.25, -0.2) is 9.97 Å². The molecule has 0 bridgehead atoms. The van der Waals surface area contributed by atoms with Crippen LogP contribution in [0.25, 0.3) is 21.7 Å². The normalized spacial score (nSPS) is 10.1. The van der Waals surface area contributed by atoms with E-state index in [0.717, 1.165) is 11.3 Å². The van der Waals surface area contributed by atoms with Crippen LogP contribution >= 0.6 is 0 Å². The van der Waals surface area contributed by atoms with Crippen molar-refractivity contribution in [1.82, 2.24) is 25.5 Å². The molecule has 10 heteroatoms. The number of rotatable bonds is 8. The fraction of sp³-hybridized carbons (Fsp3) is 0.176. The third-order valence-electron chi connectivity index (χ3n) is 3.62. The van der Waals surface area contributed by atoms with Gasteiger partial charge in [-0.2, -0.15) is 5.10 Å². The van der Waals surface area contributed by atoms with Crippen molar-refractivity contribution >= 4 is 17.7 Å². The molecule has 136 valence electrons. The Labute approximate surface area is 154 Å². The van der Waals surface area contributed by atoms with Gasteiger partial charge in [0.15, 0.2) is 5.69 Å². The second-order valence-electron chi connectivity index (χ2n) is 5.50. The molecule has 0 aliphatic heterocycles. The molecule has 27 heavy (non-hydrogen) atoms. The van der Waals surface area contributed by atoms with E-state index in [2.05, 4.69) is 40.8 Å². The van der Waals surface area contributed by atoms with Crippen molar-refractivity contribution in [1.29, 1.82) is 0 Å². The Bertz CT molecular complexity index is 948. The number of nitrogens with one attached hydrogen (secondary N) is 3. The average molecular weight is 363 g/mol. The lowest BCUT2D eigenvalue weighted by molar-refractivity contribution is 0.0948. The van der Waals surface area contributed by atoms with Crippen LogP contribution in [0.15, 0.2) is 53.8 Å². The number of carbonyl (C=O) groups is 1. The van der Waals surface area contributed by atoms with Crippen molar-refractivity contribution in [2.75, 3.05) is 18.4 Å². The molecule has 3 aromatic rings. The summed E-state index contributed by atoms with van der Waals surface area (Å²) in [5.74, 6) is 0.378. The lowest BCUT2D eigenvalue weighted by atomic mass is 10.1. The Morgan fingerprint density at radius 2 is 2.07 bits per heavy atom. The molecule has 2 heterocycles. The van der Waals surface area contributed by atoms with E-state index in [1.54, 1.807) is 12.1 Å². The maximum Gasteiger partial charge on any atom is 0.271 e. The van der Waals surface area contributed by atoms with Crippen molar-refractivity contribution in [3.8, 4) is 11.3 Å². The highest BCUT2D eigenvalue weighted by Crippen LogP contribution is 2.16. The van der Waals surface area contributed by atoms with Crippen molar-refractivity contribution in [3.05, 3.63) is 64.8 Å². The van der Waals surface area contributed by atoms with E-state index in [-0.39, 0.29) is 11.9 Å². The first-order valence-corrected chi connectivity index (χ1v) is 8.27. The predicted octanol–water partition coefficient (Wildman–Crippen LogP) is 3.04. The fourth-order valence-electron chi connectivity index (χ4n) is 2.34. The number of aromatic nitrogens is 4. The molecule has 0 saturated carbocycles. The highest BCUT2D eigenvalue weighted by atomic mass is 16.1. The van der Waals surface area contributed by atoms with Crippen LogP contribution in [0, 0.1) is 0 Å². The molecule has 1 amide bonds. The molecule has 0 aliphatic carbocycles. The molecule has 0 spiro atoms. The summed E-state index contributed by atoms with van der Waals surface area (Å²) in [6.07, 6.45) is 2.19. The van der Waals surface area contributed by atoms with E-state index in [9.17, 15) is 4.79 Å². The summed E-state index contributed by atoms with van der Waals surface area (Å²) in [4.78, 5) is 22.6. The van der Waals surface area contributed by atoms with Crippen LogP contribution in [0.4, 0.5) is 11.8 Å². The van der Waals surface area contributed by atoms with Gasteiger partial charge in [-0.1, -0.05) is 30.3 Å². The molecule has 10 nitrogen and oxygen atoms in total. The van der Waals surface area contributed by atoms with Crippen LogP contribution in [0.3, 0.4) is 0 Å². The van der Waals surface area contributed by atoms with E-state index in [1.165, 1.54) is 6.20 Å². The van der Waals surface area contributed by atoms with Gasteiger partial charge in [0, 0.05) is 24.2 Å². The van der Waals surface area contributed by atoms with E-state index in [4.69, 9.17) is 5.53 Å². The second kappa shape index (κ2) is 8.97. The Morgan fingerprint density at radius 3 is 2.89 bits per heavy atom. The summed E-state index contributed by atoms with van der Waals surface area (Å²) in [7, 11) is 0. The summed E-state index contributed by atoms with van der Waals surface area (Å²) in [6, 6.07) is 13.1. The lowest BCUT2D eigenvalue weighted by Gasteiger charge is -2.06. The molecule has 2 aromatic heterocycles. The van der Waals surface area contributed by atoms with Gasteiger partial charge < -0.3 is 10.6 Å². The Hall–Kier alpha value is -3.91. The van der Waals surface area contributed by atoms with Crippen molar-refractivity contribution in [2.24, 2.45) is 5.11 Å². The van der Waals surface area contributed by atoms with Gasteiger partial charge in [-0.3, -0.25) is 9.89 Å². The Balaban J connectivity index is 1.43. The minimum absolute atomic E-state index is 0.0588. The lowest BCUT2D eigenvalue weighted by Crippen LogP contribution is -2.26. The van der Waals surface area contributed by atoms with Crippen molar-refractivity contribution in [2.45, 2.75) is 6.42 Å². The van der Waals surface area contributed by atoms with Crippen molar-refractivity contribution < 1.29 is 4.79 Å². The highest BCUT2D eigenvalue weighted by Gasteiger charge is 2.10. The topological polar surface area (TPSA) is 144 Å². The molecule has 0 fully saturated rings. The number of benzene rings is 1. The highest BCUT2D eigenvalue weighted by molar-refractivity contribution is 5.93. The first-order chi connectivity index (χ1) is 13.3. The average Bonchev–Trinajstić information content (AvgIpc) is 3.19. The monoisotopic (exact) mass is 363 g/mol. The quantitative estimate of drug-likeness (QED) is 0.244. The van der Waals surface area contributed by atoms with Crippen LogP contribution in [0.2, 0.25) is 0 Å². The Kier molecular flexibility index (Phi) is 5.95. The summed E-state index contributed by atoms with van der Waals surface area (Å²) >= 11 is 0. The Morgan fingerprint density at radius 1 is 1.22 bits per heavy atom. The van der Waals surface area contributed by atoms with Gasteiger partial charge in [0.2, 0.25) is 5.95 Å². The van der Waals surface area contributed by atoms with E-state index in [1.807, 2.05) is 30.3 Å². The summed E-state index contributed by atoms with van der Waals surface area (Å²) in [5.41, 5.74) is 10.5. The minimum atomic E-state index is -0.235. The van der Waals surface area contributed by atoms with Gasteiger partial charge in [0.25, 0.3) is 5.91 Å². The number of hydrogen-bond donors (Lipinski definition) is 3. The molecule has 0 saturated heterocycles. The van der Waals surface area contributed by atoms with Crippen LogP contribution in [0.5, 0.6) is 0 Å². The van der Waals surface area contributed by atoms with Gasteiger partial charge in [-0.05, 0) is 34.8 Å². The first-order valence-electron chi connectivity index (χ1n) is 8.27. The van der Waals surface area contributed by atoms with Gasteiger partial charge in [-0.15, -0.1) is 0 Å². The zero-order chi connectivity index (χ0) is 18.9. The molecule has 0 atom stereocenters. The number of aromatic amines is 1. The number of azide groups is 1. The maximum atomic E-state index is 12.2. The summed E-state index contributed by atoms with van der Waals surface area (Å²) < 4.78 is 0. The zero-order valence-electron chi connectivity index (χ0n) is 14.3. The molecule has 3 rings (SSSR count). The largest absolute Gasteiger partial charge is 0.370 e. The van der Waals surface area contributed by atoms with E-state index >= 15 is 0 Å². The standard InChI is InChI=1S/C17H17N9O/c18-26-25-17-21-10-7-15(22-17)19-8-4-9-20-16(27)14-11-13(23-24-14)12-5-2-1-3-6-12/h1-3,5-7,10-11H,4,8-9H2,(H,20,27)(H,23,24)(H,19,21,22). The van der Waals surface area contributed by atoms with Gasteiger partial charge in [0.05, 0.1) is 5.69 Å². The fourth-order valence-corrected chi connectivity index (χ4v) is 2.34. The number of amides is 1. The second-order valence-corrected chi connectivity index (χ2v) is 5.50. The number of anilines is 1. The molecule has 0 radical (unpaired) electrons. The smallest absolute Gasteiger partial charge is 0.271 e. The number of H-pyrrole nitrogens is 1. The van der Waals surface area contributed by atoms with Crippen LogP contribution in [-0.4, -0.2) is 39.2 Å². The van der Waals surface area contributed by atoms with Gasteiger partial charge in [0.1, 0.15) is 5.82 Å². The molecular formula is C17H17N9O. The molecule has 0 unspecified atom stereocenters. The van der Waals surface area contributed by atoms with E-state index < -0.39 is 0 Å². The van der Waals surface area contributed by atoms with Crippen LogP contribution < -0.4 is 10.6 Å². The number of nitrogens with zero attached hydrogens (tertiary/aromatic N) is 6.